The van der Waals surface area contributed by atoms with E-state index in [2.05, 4.69) is 17.0 Å². The third kappa shape index (κ3) is 5.93. The van der Waals surface area contributed by atoms with E-state index in [1.165, 1.54) is 6.33 Å². The van der Waals surface area contributed by atoms with Crippen LogP contribution in [0.15, 0.2) is 11.5 Å². The van der Waals surface area contributed by atoms with Gasteiger partial charge in [0.05, 0.1) is 5.75 Å². The molecule has 1 aromatic heterocycles. The van der Waals surface area contributed by atoms with Gasteiger partial charge in [0.25, 0.3) is 5.16 Å². The van der Waals surface area contributed by atoms with E-state index < -0.39 is 9.84 Å². The van der Waals surface area contributed by atoms with Gasteiger partial charge in [-0.15, -0.1) is 5.10 Å². The monoisotopic (exact) mass is 344 g/mol. The zero-order valence-electron chi connectivity index (χ0n) is 14.4. The van der Waals surface area contributed by atoms with Gasteiger partial charge < -0.3 is 4.90 Å². The van der Waals surface area contributed by atoms with Crippen LogP contribution < -0.4 is 0 Å². The van der Waals surface area contributed by atoms with Gasteiger partial charge in [0.2, 0.25) is 9.84 Å². The molecule has 0 saturated heterocycles. The van der Waals surface area contributed by atoms with Crippen LogP contribution in [0.5, 0.6) is 0 Å². The van der Waals surface area contributed by atoms with Crippen molar-refractivity contribution in [3.8, 4) is 0 Å². The fourth-order valence-corrected chi connectivity index (χ4v) is 3.44. The molecule has 0 fully saturated rings. The summed E-state index contributed by atoms with van der Waals surface area (Å²) < 4.78 is 25.1. The van der Waals surface area contributed by atoms with Crippen LogP contribution >= 0.6 is 0 Å². The van der Waals surface area contributed by atoms with Crippen LogP contribution in [0.3, 0.4) is 0 Å². The molecule has 1 amide bonds. The van der Waals surface area contributed by atoms with Crippen LogP contribution in [0, 0.1) is 0 Å². The molecule has 23 heavy (non-hydrogen) atoms. The van der Waals surface area contributed by atoms with Gasteiger partial charge in [0, 0.05) is 13.1 Å². The number of nitrogens with zero attached hydrogens (tertiary/aromatic N) is 4. The minimum atomic E-state index is -3.51. The van der Waals surface area contributed by atoms with Gasteiger partial charge in [-0.05, 0) is 19.8 Å². The smallest absolute Gasteiger partial charge is 0.323 e. The summed E-state index contributed by atoms with van der Waals surface area (Å²) in [4.78, 5) is 17.8. The summed E-state index contributed by atoms with van der Waals surface area (Å²) >= 11 is 0. The largest absolute Gasteiger partial charge is 0.346 e. The van der Waals surface area contributed by atoms with Crippen molar-refractivity contribution in [2.45, 2.75) is 64.5 Å². The van der Waals surface area contributed by atoms with Crippen LogP contribution in [0.4, 0.5) is 4.79 Å². The van der Waals surface area contributed by atoms with Gasteiger partial charge in [-0.3, -0.25) is 0 Å². The Morgan fingerprint density at radius 2 is 1.83 bits per heavy atom. The van der Waals surface area contributed by atoms with Gasteiger partial charge in [-0.25, -0.2) is 18.2 Å². The zero-order valence-corrected chi connectivity index (χ0v) is 15.2. The highest BCUT2D eigenvalue weighted by Gasteiger charge is 2.22. The third-order valence-electron chi connectivity index (χ3n) is 3.65. The highest BCUT2D eigenvalue weighted by Crippen LogP contribution is 2.08. The number of aromatic nitrogens is 3. The van der Waals surface area contributed by atoms with Crippen molar-refractivity contribution in [2.24, 2.45) is 0 Å². The van der Waals surface area contributed by atoms with E-state index in [0.29, 0.717) is 19.5 Å². The number of unbranched alkanes of at least 4 members (excludes halogenated alkanes) is 4. The Labute approximate surface area is 139 Å². The molecule has 0 atom stereocenters. The average molecular weight is 344 g/mol. The summed E-state index contributed by atoms with van der Waals surface area (Å²) in [5, 5.41) is 3.61. The molecule has 7 nitrogen and oxygen atoms in total. The predicted octanol–water partition coefficient (Wildman–Crippen LogP) is 2.72. The van der Waals surface area contributed by atoms with Gasteiger partial charge in [-0.1, -0.05) is 39.5 Å². The van der Waals surface area contributed by atoms with Crippen molar-refractivity contribution >= 4 is 15.9 Å². The summed E-state index contributed by atoms with van der Waals surface area (Å²) in [5.41, 5.74) is 0. The zero-order chi connectivity index (χ0) is 17.3. The Hall–Kier alpha value is -1.44. The summed E-state index contributed by atoms with van der Waals surface area (Å²) in [7, 11) is -3.51. The molecule has 0 saturated carbocycles. The summed E-state index contributed by atoms with van der Waals surface area (Å²) in [6.45, 7) is 7.16. The first-order chi connectivity index (χ1) is 11.0. The second-order valence-electron chi connectivity index (χ2n) is 5.57. The van der Waals surface area contributed by atoms with Crippen LogP contribution in [-0.4, -0.2) is 53.0 Å². The molecule has 0 bridgehead atoms. The predicted molar refractivity (Wildman–Crippen MR) is 89.2 cm³/mol. The molecule has 0 radical (unpaired) electrons. The topological polar surface area (TPSA) is 85.2 Å². The minimum Gasteiger partial charge on any atom is -0.323 e. The molecule has 0 N–H and O–H groups in total. The molecule has 0 aliphatic carbocycles. The highest BCUT2D eigenvalue weighted by molar-refractivity contribution is 7.91. The third-order valence-corrected chi connectivity index (χ3v) is 5.21. The fourth-order valence-electron chi connectivity index (χ4n) is 2.17. The SMILES string of the molecule is CCCCCCN(CC)C(=O)n1cnc(S(=O)(=O)CCCC)n1. The second kappa shape index (κ2) is 9.64. The first kappa shape index (κ1) is 19.6. The number of carbonyl (C=O) groups excluding carboxylic acids is 1. The first-order valence-electron chi connectivity index (χ1n) is 8.39. The van der Waals surface area contributed by atoms with E-state index in [1.54, 1.807) is 4.90 Å². The number of carbonyl (C=O) groups is 1. The lowest BCUT2D eigenvalue weighted by Crippen LogP contribution is -2.35. The fraction of sp³-hybridized carbons (Fsp3) is 0.800. The van der Waals surface area contributed by atoms with Crippen LogP contribution in [0.25, 0.3) is 0 Å². The normalized spacial score (nSPS) is 11.6. The van der Waals surface area contributed by atoms with Gasteiger partial charge in [0.15, 0.2) is 0 Å². The molecule has 0 aliphatic heterocycles. The summed E-state index contributed by atoms with van der Waals surface area (Å²) in [6.07, 6.45) is 6.83. The molecule has 132 valence electrons. The van der Waals surface area contributed by atoms with Gasteiger partial charge in [0.1, 0.15) is 6.33 Å². The second-order valence-corrected chi connectivity index (χ2v) is 7.57. The van der Waals surface area contributed by atoms with E-state index in [9.17, 15) is 13.2 Å². The lowest BCUT2D eigenvalue weighted by Gasteiger charge is -2.19. The number of hydrogen-bond donors (Lipinski definition) is 0. The highest BCUT2D eigenvalue weighted by atomic mass is 32.2. The van der Waals surface area contributed by atoms with Gasteiger partial charge in [-0.2, -0.15) is 4.68 Å². The van der Waals surface area contributed by atoms with Crippen LogP contribution in [-0.2, 0) is 9.84 Å². The molecule has 1 rings (SSSR count). The molecule has 1 aromatic rings. The number of hydrogen-bond acceptors (Lipinski definition) is 5. The molecule has 0 aromatic carbocycles. The summed E-state index contributed by atoms with van der Waals surface area (Å²) in [5.74, 6) is 0.0101. The number of sulfone groups is 1. The molecular weight excluding hydrogens is 316 g/mol. The standard InChI is InChI=1S/C15H28N4O3S/c1-4-7-9-10-11-18(6-3)15(20)19-13-16-14(17-19)23(21,22)12-8-5-2/h13H,4-12H2,1-3H3. The Morgan fingerprint density at radius 3 is 2.43 bits per heavy atom. The van der Waals surface area contributed by atoms with Crippen molar-refractivity contribution in [2.75, 3.05) is 18.8 Å². The maximum Gasteiger partial charge on any atom is 0.346 e. The quantitative estimate of drug-likeness (QED) is 0.609. The van der Waals surface area contributed by atoms with Crippen molar-refractivity contribution in [1.82, 2.24) is 19.7 Å². The van der Waals surface area contributed by atoms with Crippen molar-refractivity contribution in [3.63, 3.8) is 0 Å². The minimum absolute atomic E-state index is 0.0101. The van der Waals surface area contributed by atoms with Crippen molar-refractivity contribution in [1.29, 1.82) is 0 Å². The molecular formula is C15H28N4O3S. The lowest BCUT2D eigenvalue weighted by molar-refractivity contribution is 0.197. The molecule has 0 unspecified atom stereocenters. The Morgan fingerprint density at radius 1 is 1.13 bits per heavy atom. The van der Waals surface area contributed by atoms with E-state index in [1.807, 2.05) is 13.8 Å². The van der Waals surface area contributed by atoms with E-state index in [-0.39, 0.29) is 16.9 Å². The molecule has 0 spiro atoms. The van der Waals surface area contributed by atoms with E-state index in [4.69, 9.17) is 0 Å². The van der Waals surface area contributed by atoms with Crippen molar-refractivity contribution in [3.05, 3.63) is 6.33 Å². The Bertz CT molecular complexity index is 583. The Balaban J connectivity index is 2.72. The van der Waals surface area contributed by atoms with E-state index in [0.717, 1.165) is 36.8 Å². The average Bonchev–Trinajstić information content (AvgIpc) is 3.03. The maximum atomic E-state index is 12.4. The maximum absolute atomic E-state index is 12.4. The van der Waals surface area contributed by atoms with E-state index >= 15 is 0 Å². The lowest BCUT2D eigenvalue weighted by atomic mass is 10.2. The number of amides is 1. The molecule has 8 heteroatoms. The van der Waals surface area contributed by atoms with Crippen molar-refractivity contribution < 1.29 is 13.2 Å². The summed E-state index contributed by atoms with van der Waals surface area (Å²) in [6, 6.07) is -0.326. The van der Waals surface area contributed by atoms with Gasteiger partial charge >= 0.3 is 6.03 Å². The van der Waals surface area contributed by atoms with Crippen LogP contribution in [0.1, 0.15) is 59.3 Å². The first-order valence-corrected chi connectivity index (χ1v) is 10.0. The number of rotatable bonds is 10. The molecule has 1 heterocycles. The Kier molecular flexibility index (Phi) is 8.22. The van der Waals surface area contributed by atoms with Crippen LogP contribution in [0.2, 0.25) is 0 Å². The molecule has 0 aliphatic rings.